The molecule has 0 fully saturated rings. The van der Waals surface area contributed by atoms with Crippen LogP contribution in [0, 0.1) is 21.4 Å². The first-order valence-corrected chi connectivity index (χ1v) is 8.42. The summed E-state index contributed by atoms with van der Waals surface area (Å²) in [5.41, 5.74) is 2.45. The zero-order valence-corrected chi connectivity index (χ0v) is 13.4. The van der Waals surface area contributed by atoms with E-state index < -0.39 is 4.92 Å². The second kappa shape index (κ2) is 6.57. The van der Waals surface area contributed by atoms with Gasteiger partial charge in [0.25, 0.3) is 5.69 Å². The summed E-state index contributed by atoms with van der Waals surface area (Å²) in [6.07, 6.45) is 1.74. The molecule has 0 saturated heterocycles. The molecular weight excluding hydrogens is 328 g/mol. The van der Waals surface area contributed by atoms with Gasteiger partial charge in [-0.25, -0.2) is 0 Å². The molecule has 2 heterocycles. The van der Waals surface area contributed by atoms with Crippen LogP contribution in [0.4, 0.5) is 5.69 Å². The molecule has 1 aromatic carbocycles. The molecule has 0 aliphatic rings. The Kier molecular flexibility index (Phi) is 4.33. The van der Waals surface area contributed by atoms with Crippen molar-refractivity contribution >= 4 is 40.0 Å². The van der Waals surface area contributed by atoms with E-state index in [1.165, 1.54) is 28.3 Å². The van der Waals surface area contributed by atoms with Gasteiger partial charge in [-0.2, -0.15) is 5.26 Å². The van der Waals surface area contributed by atoms with Crippen LogP contribution in [0.3, 0.4) is 0 Å². The largest absolute Gasteiger partial charge is 0.269 e. The molecule has 2 aromatic heterocycles. The van der Waals surface area contributed by atoms with Gasteiger partial charge in [-0.15, -0.1) is 22.7 Å². The van der Waals surface area contributed by atoms with Crippen molar-refractivity contribution in [1.29, 1.82) is 5.26 Å². The van der Waals surface area contributed by atoms with Crippen LogP contribution in [-0.4, -0.2) is 4.92 Å². The SMILES string of the molecule is N#C/C(=C\c1ccc([N+](=O)[O-])cc1)c1cc(-c2cccs2)cs1. The third-order valence-electron chi connectivity index (χ3n) is 3.21. The van der Waals surface area contributed by atoms with Crippen molar-refractivity contribution < 1.29 is 4.92 Å². The van der Waals surface area contributed by atoms with E-state index in [9.17, 15) is 15.4 Å². The van der Waals surface area contributed by atoms with Crippen LogP contribution in [0.15, 0.2) is 53.2 Å². The predicted octanol–water partition coefficient (Wildman–Crippen LogP) is 5.45. The van der Waals surface area contributed by atoms with Crippen LogP contribution in [0.1, 0.15) is 10.4 Å². The van der Waals surface area contributed by atoms with Crippen molar-refractivity contribution in [3.8, 4) is 16.5 Å². The van der Waals surface area contributed by atoms with Gasteiger partial charge in [-0.1, -0.05) is 6.07 Å². The van der Waals surface area contributed by atoms with E-state index in [0.717, 1.165) is 16.0 Å². The Morgan fingerprint density at radius 2 is 2.00 bits per heavy atom. The highest BCUT2D eigenvalue weighted by atomic mass is 32.1. The van der Waals surface area contributed by atoms with Gasteiger partial charge < -0.3 is 0 Å². The number of hydrogen-bond acceptors (Lipinski definition) is 5. The number of nitriles is 1. The van der Waals surface area contributed by atoms with Gasteiger partial charge in [0.1, 0.15) is 6.07 Å². The van der Waals surface area contributed by atoms with E-state index in [-0.39, 0.29) is 5.69 Å². The van der Waals surface area contributed by atoms with Crippen LogP contribution in [0.2, 0.25) is 0 Å². The molecule has 4 nitrogen and oxygen atoms in total. The summed E-state index contributed by atoms with van der Waals surface area (Å²) in [5, 5.41) is 24.1. The van der Waals surface area contributed by atoms with E-state index in [1.54, 1.807) is 29.5 Å². The molecule has 112 valence electrons. The van der Waals surface area contributed by atoms with Gasteiger partial charge in [0.05, 0.1) is 10.5 Å². The molecule has 6 heteroatoms. The van der Waals surface area contributed by atoms with Crippen molar-refractivity contribution in [2.24, 2.45) is 0 Å². The van der Waals surface area contributed by atoms with E-state index >= 15 is 0 Å². The second-order valence-corrected chi connectivity index (χ2v) is 6.55. The lowest BCUT2D eigenvalue weighted by atomic mass is 10.1. The standard InChI is InChI=1S/C17H10N2O2S2/c18-10-13(8-12-3-5-15(6-4-12)19(20)21)17-9-14(11-23-17)16-2-1-7-22-16/h1-9,11H/b13-8+. The predicted molar refractivity (Wildman–Crippen MR) is 94.2 cm³/mol. The number of non-ortho nitro benzene ring substituents is 1. The summed E-state index contributed by atoms with van der Waals surface area (Å²) >= 11 is 3.17. The van der Waals surface area contributed by atoms with E-state index in [1.807, 2.05) is 29.0 Å². The summed E-state index contributed by atoms with van der Waals surface area (Å²) in [7, 11) is 0. The van der Waals surface area contributed by atoms with Crippen molar-refractivity contribution in [2.75, 3.05) is 0 Å². The molecule has 3 rings (SSSR count). The lowest BCUT2D eigenvalue weighted by molar-refractivity contribution is -0.384. The third kappa shape index (κ3) is 3.37. The van der Waals surface area contributed by atoms with Crippen LogP contribution in [-0.2, 0) is 0 Å². The van der Waals surface area contributed by atoms with Crippen molar-refractivity contribution in [3.05, 3.63) is 73.8 Å². The van der Waals surface area contributed by atoms with Gasteiger partial charge in [0.2, 0.25) is 0 Å². The Labute approximate surface area is 140 Å². The molecule has 0 unspecified atom stereocenters. The molecule has 0 aliphatic heterocycles. The maximum Gasteiger partial charge on any atom is 0.269 e. The normalized spacial score (nSPS) is 11.2. The molecule has 0 bridgehead atoms. The van der Waals surface area contributed by atoms with Crippen molar-refractivity contribution in [1.82, 2.24) is 0 Å². The molecule has 23 heavy (non-hydrogen) atoms. The lowest BCUT2D eigenvalue weighted by Gasteiger charge is -1.96. The molecule has 0 atom stereocenters. The summed E-state index contributed by atoms with van der Waals surface area (Å²) in [4.78, 5) is 12.3. The number of hydrogen-bond donors (Lipinski definition) is 0. The maximum absolute atomic E-state index is 10.7. The Morgan fingerprint density at radius 3 is 2.61 bits per heavy atom. The fraction of sp³-hybridized carbons (Fsp3) is 0. The average molecular weight is 338 g/mol. The van der Waals surface area contributed by atoms with Crippen LogP contribution >= 0.6 is 22.7 Å². The Balaban J connectivity index is 1.90. The molecule has 3 aromatic rings. The molecule has 0 spiro atoms. The van der Waals surface area contributed by atoms with E-state index in [0.29, 0.717) is 5.57 Å². The first-order chi connectivity index (χ1) is 11.2. The Hall–Kier alpha value is -2.75. The zero-order valence-electron chi connectivity index (χ0n) is 11.8. The molecule has 0 N–H and O–H groups in total. The smallest absolute Gasteiger partial charge is 0.258 e. The highest BCUT2D eigenvalue weighted by Gasteiger charge is 2.08. The lowest BCUT2D eigenvalue weighted by Crippen LogP contribution is -1.87. The maximum atomic E-state index is 10.7. The van der Waals surface area contributed by atoms with Crippen LogP contribution in [0.5, 0.6) is 0 Å². The summed E-state index contributed by atoms with van der Waals surface area (Å²) < 4.78 is 0. The molecule has 0 amide bonds. The fourth-order valence-electron chi connectivity index (χ4n) is 2.07. The molecule has 0 radical (unpaired) electrons. The number of nitrogens with zero attached hydrogens (tertiary/aromatic N) is 2. The first kappa shape index (κ1) is 15.2. The Morgan fingerprint density at radius 1 is 1.22 bits per heavy atom. The number of benzene rings is 1. The summed E-state index contributed by atoms with van der Waals surface area (Å²) in [5.74, 6) is 0. The van der Waals surface area contributed by atoms with Crippen molar-refractivity contribution in [2.45, 2.75) is 0 Å². The minimum Gasteiger partial charge on any atom is -0.258 e. The van der Waals surface area contributed by atoms with E-state index in [4.69, 9.17) is 0 Å². The van der Waals surface area contributed by atoms with Crippen molar-refractivity contribution in [3.63, 3.8) is 0 Å². The molecule has 0 aliphatic carbocycles. The third-order valence-corrected chi connectivity index (χ3v) is 5.09. The highest BCUT2D eigenvalue weighted by molar-refractivity contribution is 7.15. The highest BCUT2D eigenvalue weighted by Crippen LogP contribution is 2.33. The molecular formula is C17H10N2O2S2. The quantitative estimate of drug-likeness (QED) is 0.361. The van der Waals surface area contributed by atoms with Gasteiger partial charge in [0.15, 0.2) is 0 Å². The summed E-state index contributed by atoms with van der Waals surface area (Å²) in [6, 6.07) is 14.4. The number of rotatable bonds is 4. The topological polar surface area (TPSA) is 66.9 Å². The number of thiophene rings is 2. The minimum absolute atomic E-state index is 0.0387. The van der Waals surface area contributed by atoms with Gasteiger partial charge in [0, 0.05) is 32.8 Å². The van der Waals surface area contributed by atoms with Crippen LogP contribution < -0.4 is 0 Å². The number of allylic oxidation sites excluding steroid dienone is 1. The first-order valence-electron chi connectivity index (χ1n) is 6.66. The molecule has 0 saturated carbocycles. The summed E-state index contributed by atoms with van der Waals surface area (Å²) in [6.45, 7) is 0. The minimum atomic E-state index is -0.439. The van der Waals surface area contributed by atoms with Gasteiger partial charge in [-0.3, -0.25) is 10.1 Å². The number of nitro benzene ring substituents is 1. The van der Waals surface area contributed by atoms with Gasteiger partial charge >= 0.3 is 0 Å². The van der Waals surface area contributed by atoms with Gasteiger partial charge in [-0.05, 0) is 41.3 Å². The van der Waals surface area contributed by atoms with Crippen LogP contribution in [0.25, 0.3) is 22.1 Å². The monoisotopic (exact) mass is 338 g/mol. The zero-order chi connectivity index (χ0) is 16.2. The van der Waals surface area contributed by atoms with E-state index in [2.05, 4.69) is 6.07 Å². The average Bonchev–Trinajstić information content (AvgIpc) is 3.24. The number of nitro groups is 1. The second-order valence-electron chi connectivity index (χ2n) is 4.70. The fourth-order valence-corrected chi connectivity index (χ4v) is 3.73. The Bertz CT molecular complexity index is 901.